The van der Waals surface area contributed by atoms with Crippen LogP contribution in [0.25, 0.3) is 0 Å². The summed E-state index contributed by atoms with van der Waals surface area (Å²) in [5.41, 5.74) is -0.665. The molecule has 0 spiro atoms. The number of aliphatic hydroxyl groups is 1. The molecule has 3 nitrogen and oxygen atoms in total. The maximum absolute atomic E-state index is 10.3. The number of rotatable bonds is 1. The third-order valence-electron chi connectivity index (χ3n) is 4.27. The zero-order chi connectivity index (χ0) is 10.3. The van der Waals surface area contributed by atoms with Crippen LogP contribution >= 0.6 is 0 Å². The van der Waals surface area contributed by atoms with Crippen LogP contribution in [0.4, 0.5) is 0 Å². The van der Waals surface area contributed by atoms with Gasteiger partial charge in [0, 0.05) is 12.8 Å². The minimum absolute atomic E-state index is 0.251. The Morgan fingerprint density at radius 2 is 1.93 bits per heavy atom. The first-order valence-electron chi connectivity index (χ1n) is 6.27. The largest absolute Gasteiger partial charge is 0.384 e. The van der Waals surface area contributed by atoms with Crippen LogP contribution in [-0.4, -0.2) is 29.7 Å². The monoisotopic (exact) mass is 212 g/mol. The number of fused-ring (bicyclic) bond motifs is 1. The van der Waals surface area contributed by atoms with Gasteiger partial charge in [0.2, 0.25) is 0 Å². The first kappa shape index (κ1) is 10.1. The zero-order valence-corrected chi connectivity index (χ0v) is 9.15. The van der Waals surface area contributed by atoms with E-state index in [0.29, 0.717) is 12.5 Å². The van der Waals surface area contributed by atoms with Crippen molar-refractivity contribution in [3.63, 3.8) is 0 Å². The van der Waals surface area contributed by atoms with E-state index < -0.39 is 5.60 Å². The summed E-state index contributed by atoms with van der Waals surface area (Å²) >= 11 is 0. The van der Waals surface area contributed by atoms with E-state index in [1.807, 2.05) is 0 Å². The van der Waals surface area contributed by atoms with Crippen LogP contribution < -0.4 is 0 Å². The van der Waals surface area contributed by atoms with E-state index in [-0.39, 0.29) is 12.4 Å². The first-order chi connectivity index (χ1) is 7.28. The molecule has 2 heterocycles. The quantitative estimate of drug-likeness (QED) is 0.720. The van der Waals surface area contributed by atoms with Crippen molar-refractivity contribution in [1.82, 2.24) is 0 Å². The van der Waals surface area contributed by atoms with Crippen molar-refractivity contribution in [2.24, 2.45) is 5.92 Å². The van der Waals surface area contributed by atoms with Crippen molar-refractivity contribution >= 4 is 0 Å². The molecule has 1 saturated carbocycles. The molecule has 3 rings (SSSR count). The molecule has 1 N–H and O–H groups in total. The zero-order valence-electron chi connectivity index (χ0n) is 9.15. The summed E-state index contributed by atoms with van der Waals surface area (Å²) in [6.45, 7) is 0.651. The lowest BCUT2D eigenvalue weighted by Gasteiger charge is -2.27. The molecule has 1 aliphatic carbocycles. The van der Waals surface area contributed by atoms with Gasteiger partial charge in [-0.3, -0.25) is 0 Å². The highest BCUT2D eigenvalue weighted by molar-refractivity contribution is 4.97. The molecule has 0 bridgehead atoms. The van der Waals surface area contributed by atoms with E-state index in [1.54, 1.807) is 0 Å². The van der Waals surface area contributed by atoms with Gasteiger partial charge in [0.15, 0.2) is 6.29 Å². The second kappa shape index (κ2) is 3.72. The minimum Gasteiger partial charge on any atom is -0.384 e. The van der Waals surface area contributed by atoms with Crippen LogP contribution in [0, 0.1) is 5.92 Å². The molecule has 0 amide bonds. The van der Waals surface area contributed by atoms with Crippen molar-refractivity contribution < 1.29 is 14.6 Å². The summed E-state index contributed by atoms with van der Waals surface area (Å²) in [7, 11) is 0. The third-order valence-corrected chi connectivity index (χ3v) is 4.27. The van der Waals surface area contributed by atoms with Crippen molar-refractivity contribution in [1.29, 1.82) is 0 Å². The van der Waals surface area contributed by atoms with Gasteiger partial charge in [-0.25, -0.2) is 0 Å². The fourth-order valence-corrected chi connectivity index (χ4v) is 3.32. The molecule has 0 radical (unpaired) electrons. The standard InChI is InChI=1S/C12H20O3/c13-12-6-7-14-11(12)15-10(8-12)9-4-2-1-3-5-9/h9-11,13H,1-8H2/t10-,11-,12-/m0/s1. The highest BCUT2D eigenvalue weighted by Crippen LogP contribution is 2.43. The fraction of sp³-hybridized carbons (Fsp3) is 1.00. The average molecular weight is 212 g/mol. The Bertz CT molecular complexity index is 237. The van der Waals surface area contributed by atoms with E-state index in [1.165, 1.54) is 32.1 Å². The topological polar surface area (TPSA) is 38.7 Å². The van der Waals surface area contributed by atoms with E-state index in [4.69, 9.17) is 9.47 Å². The van der Waals surface area contributed by atoms with E-state index in [9.17, 15) is 5.11 Å². The maximum Gasteiger partial charge on any atom is 0.186 e. The lowest BCUT2D eigenvalue weighted by molar-refractivity contribution is -0.160. The summed E-state index contributed by atoms with van der Waals surface area (Å²) in [6.07, 6.45) is 8.03. The van der Waals surface area contributed by atoms with Crippen LogP contribution in [0.15, 0.2) is 0 Å². The summed E-state index contributed by atoms with van der Waals surface area (Å²) in [6, 6.07) is 0. The Hall–Kier alpha value is -0.120. The smallest absolute Gasteiger partial charge is 0.186 e. The highest BCUT2D eigenvalue weighted by atomic mass is 16.7. The second-order valence-electron chi connectivity index (χ2n) is 5.33. The van der Waals surface area contributed by atoms with Crippen LogP contribution in [0.1, 0.15) is 44.9 Å². The predicted molar refractivity (Wildman–Crippen MR) is 55.4 cm³/mol. The molecule has 3 heteroatoms. The van der Waals surface area contributed by atoms with Gasteiger partial charge in [-0.15, -0.1) is 0 Å². The maximum atomic E-state index is 10.3. The molecular formula is C12H20O3. The van der Waals surface area contributed by atoms with Crippen LogP contribution in [0.2, 0.25) is 0 Å². The first-order valence-corrected chi connectivity index (χ1v) is 6.27. The van der Waals surface area contributed by atoms with Crippen LogP contribution in [0.5, 0.6) is 0 Å². The van der Waals surface area contributed by atoms with E-state index in [2.05, 4.69) is 0 Å². The molecule has 3 atom stereocenters. The van der Waals surface area contributed by atoms with Gasteiger partial charge < -0.3 is 14.6 Å². The van der Waals surface area contributed by atoms with Gasteiger partial charge in [0.05, 0.1) is 12.7 Å². The molecule has 0 aromatic rings. The van der Waals surface area contributed by atoms with Crippen molar-refractivity contribution in [2.45, 2.75) is 62.9 Å². The normalized spacial score (nSPS) is 47.0. The molecule has 0 aromatic heterocycles. The summed E-state index contributed by atoms with van der Waals surface area (Å²) in [5, 5.41) is 10.3. The lowest BCUT2D eigenvalue weighted by Crippen LogP contribution is -2.33. The SMILES string of the molecule is O[C@]12CCO[C@H]1O[C@H](C1CCCCC1)C2. The summed E-state index contributed by atoms with van der Waals surface area (Å²) in [5.74, 6) is 0.664. The number of hydrogen-bond acceptors (Lipinski definition) is 3. The molecule has 3 fully saturated rings. The van der Waals surface area contributed by atoms with Crippen molar-refractivity contribution in [3.8, 4) is 0 Å². The Balaban J connectivity index is 1.65. The molecular weight excluding hydrogens is 192 g/mol. The van der Waals surface area contributed by atoms with Gasteiger partial charge in [-0.1, -0.05) is 19.3 Å². The van der Waals surface area contributed by atoms with Gasteiger partial charge >= 0.3 is 0 Å². The Morgan fingerprint density at radius 1 is 1.13 bits per heavy atom. The number of ether oxygens (including phenoxy) is 2. The minimum atomic E-state index is -0.665. The van der Waals surface area contributed by atoms with Gasteiger partial charge in [0.1, 0.15) is 5.60 Å². The second-order valence-corrected chi connectivity index (χ2v) is 5.33. The van der Waals surface area contributed by atoms with Crippen LogP contribution in [0.3, 0.4) is 0 Å². The lowest BCUT2D eigenvalue weighted by atomic mass is 9.82. The van der Waals surface area contributed by atoms with Crippen molar-refractivity contribution in [3.05, 3.63) is 0 Å². The van der Waals surface area contributed by atoms with Crippen molar-refractivity contribution in [2.75, 3.05) is 6.61 Å². The molecule has 0 aromatic carbocycles. The van der Waals surface area contributed by atoms with Crippen LogP contribution in [-0.2, 0) is 9.47 Å². The summed E-state index contributed by atoms with van der Waals surface area (Å²) < 4.78 is 11.3. The summed E-state index contributed by atoms with van der Waals surface area (Å²) in [4.78, 5) is 0. The molecule has 2 saturated heterocycles. The molecule has 86 valence electrons. The van der Waals surface area contributed by atoms with E-state index in [0.717, 1.165) is 12.8 Å². The Labute approximate surface area is 90.8 Å². The predicted octanol–water partition coefficient (Wildman–Crippen LogP) is 1.83. The highest BCUT2D eigenvalue weighted by Gasteiger charge is 2.53. The van der Waals surface area contributed by atoms with Gasteiger partial charge in [-0.2, -0.15) is 0 Å². The fourth-order valence-electron chi connectivity index (χ4n) is 3.32. The Kier molecular flexibility index (Phi) is 2.49. The van der Waals surface area contributed by atoms with Gasteiger partial charge in [-0.05, 0) is 18.8 Å². The molecule has 2 aliphatic heterocycles. The average Bonchev–Trinajstić information content (AvgIpc) is 2.74. The Morgan fingerprint density at radius 3 is 2.67 bits per heavy atom. The molecule has 3 aliphatic rings. The third kappa shape index (κ3) is 1.71. The van der Waals surface area contributed by atoms with Gasteiger partial charge in [0.25, 0.3) is 0 Å². The molecule has 15 heavy (non-hydrogen) atoms. The number of hydrogen-bond donors (Lipinski definition) is 1. The van der Waals surface area contributed by atoms with E-state index >= 15 is 0 Å². The molecule has 0 unspecified atom stereocenters.